The summed E-state index contributed by atoms with van der Waals surface area (Å²) >= 11 is 0. The Morgan fingerprint density at radius 1 is 1.30 bits per heavy atom. The number of hydrogen-bond acceptors (Lipinski definition) is 4. The van der Waals surface area contributed by atoms with E-state index in [0.29, 0.717) is 18.9 Å². The van der Waals surface area contributed by atoms with Crippen LogP contribution in [0.15, 0.2) is 34.2 Å². The number of benzene rings is 1. The first-order valence-corrected chi connectivity index (χ1v) is 10.6. The lowest BCUT2D eigenvalue weighted by atomic mass is 9.95. The molecule has 0 aromatic heterocycles. The van der Waals surface area contributed by atoms with E-state index in [9.17, 15) is 13.2 Å². The maximum Gasteiger partial charge on any atom is 0.240 e. The Bertz CT molecular complexity index is 762. The molecule has 1 aliphatic heterocycles. The second kappa shape index (κ2) is 9.70. The highest BCUT2D eigenvalue weighted by Gasteiger charge is 2.23. The number of hydrogen-bond donors (Lipinski definition) is 3. The quantitative estimate of drug-likeness (QED) is 0.352. The fraction of sp³-hybridized carbons (Fsp3) is 0.556. The Morgan fingerprint density at radius 2 is 2.00 bits per heavy atom. The van der Waals surface area contributed by atoms with E-state index in [1.807, 2.05) is 6.92 Å². The van der Waals surface area contributed by atoms with Gasteiger partial charge in [0.1, 0.15) is 0 Å². The van der Waals surface area contributed by atoms with Crippen molar-refractivity contribution in [2.24, 2.45) is 16.6 Å². The van der Waals surface area contributed by atoms with Crippen LogP contribution in [0.3, 0.4) is 0 Å². The molecule has 1 amide bonds. The van der Waals surface area contributed by atoms with Crippen LogP contribution in [0.25, 0.3) is 0 Å². The summed E-state index contributed by atoms with van der Waals surface area (Å²) in [6.45, 7) is 4.14. The van der Waals surface area contributed by atoms with Crippen molar-refractivity contribution in [2.45, 2.75) is 31.1 Å². The molecule has 150 valence electrons. The van der Waals surface area contributed by atoms with Gasteiger partial charge in [0, 0.05) is 39.6 Å². The molecule has 1 atom stereocenters. The summed E-state index contributed by atoms with van der Waals surface area (Å²) in [7, 11) is -1.83. The normalized spacial score (nSPS) is 18.4. The summed E-state index contributed by atoms with van der Waals surface area (Å²) in [5.41, 5.74) is 6.31. The zero-order valence-electron chi connectivity index (χ0n) is 15.9. The minimum Gasteiger partial charge on any atom is -0.370 e. The van der Waals surface area contributed by atoms with Gasteiger partial charge in [0.2, 0.25) is 15.9 Å². The number of likely N-dealkylation sites (tertiary alicyclic amines) is 1. The summed E-state index contributed by atoms with van der Waals surface area (Å²) in [6, 6.07) is 6.73. The van der Waals surface area contributed by atoms with Crippen molar-refractivity contribution in [3.63, 3.8) is 0 Å². The molecule has 0 spiro atoms. The summed E-state index contributed by atoms with van der Waals surface area (Å²) in [5, 5.41) is 3.18. The number of nitrogens with two attached hydrogens (primary N) is 1. The molecule has 1 aromatic rings. The number of primary amides is 1. The van der Waals surface area contributed by atoms with E-state index < -0.39 is 10.0 Å². The zero-order chi connectivity index (χ0) is 19.9. The first-order valence-electron chi connectivity index (χ1n) is 9.12. The minimum atomic E-state index is -3.52. The number of piperidine rings is 1. The SMILES string of the molecule is CN=C(NCCNS(=O)(=O)c1ccc(C)cc1)N1CCCC(CC(N)=O)C1. The van der Waals surface area contributed by atoms with Gasteiger partial charge in [-0.2, -0.15) is 0 Å². The molecule has 4 N–H and O–H groups in total. The topological polar surface area (TPSA) is 117 Å². The number of amides is 1. The van der Waals surface area contributed by atoms with Crippen molar-refractivity contribution in [2.75, 3.05) is 33.2 Å². The summed E-state index contributed by atoms with van der Waals surface area (Å²) < 4.78 is 27.2. The Hall–Kier alpha value is -2.13. The fourth-order valence-corrected chi connectivity index (χ4v) is 4.23. The number of aryl methyl sites for hydroxylation is 1. The fourth-order valence-electron chi connectivity index (χ4n) is 3.20. The smallest absolute Gasteiger partial charge is 0.240 e. The van der Waals surface area contributed by atoms with Gasteiger partial charge in [-0.25, -0.2) is 13.1 Å². The lowest BCUT2D eigenvalue weighted by molar-refractivity contribution is -0.119. The average molecular weight is 396 g/mol. The Morgan fingerprint density at radius 3 is 2.63 bits per heavy atom. The third-order valence-corrected chi connectivity index (χ3v) is 6.03. The van der Waals surface area contributed by atoms with E-state index >= 15 is 0 Å². The minimum absolute atomic E-state index is 0.231. The Kier molecular flexibility index (Phi) is 7.61. The highest BCUT2D eigenvalue weighted by atomic mass is 32.2. The standard InChI is InChI=1S/C18H29N5O3S/c1-14-5-7-16(8-6-14)27(25,26)22-10-9-21-18(20-2)23-11-3-4-15(13-23)12-17(19)24/h5-8,15,22H,3-4,9-13H2,1-2H3,(H2,19,24)(H,20,21). The first-order chi connectivity index (χ1) is 12.8. The van der Waals surface area contributed by atoms with Crippen LogP contribution in [0.4, 0.5) is 0 Å². The van der Waals surface area contributed by atoms with Gasteiger partial charge in [-0.15, -0.1) is 0 Å². The highest BCUT2D eigenvalue weighted by molar-refractivity contribution is 7.89. The molecule has 2 rings (SSSR count). The molecule has 9 heteroatoms. The van der Waals surface area contributed by atoms with Crippen molar-refractivity contribution in [1.82, 2.24) is 14.9 Å². The number of nitrogens with zero attached hydrogens (tertiary/aromatic N) is 2. The molecule has 1 aliphatic rings. The van der Waals surface area contributed by atoms with Crippen LogP contribution in [0.1, 0.15) is 24.8 Å². The molecular weight excluding hydrogens is 366 g/mol. The van der Waals surface area contributed by atoms with Crippen molar-refractivity contribution in [3.05, 3.63) is 29.8 Å². The van der Waals surface area contributed by atoms with Crippen LogP contribution in [0.5, 0.6) is 0 Å². The third kappa shape index (κ3) is 6.51. The molecule has 1 unspecified atom stereocenters. The molecule has 1 heterocycles. The van der Waals surface area contributed by atoms with Crippen molar-refractivity contribution >= 4 is 21.9 Å². The zero-order valence-corrected chi connectivity index (χ0v) is 16.8. The molecule has 0 radical (unpaired) electrons. The van der Waals surface area contributed by atoms with Gasteiger partial charge in [0.05, 0.1) is 4.90 Å². The van der Waals surface area contributed by atoms with Crippen LogP contribution in [-0.2, 0) is 14.8 Å². The van der Waals surface area contributed by atoms with Gasteiger partial charge < -0.3 is 16.0 Å². The second-order valence-corrected chi connectivity index (χ2v) is 8.58. The number of carbonyl (C=O) groups is 1. The van der Waals surface area contributed by atoms with Gasteiger partial charge in [-0.3, -0.25) is 9.79 Å². The van der Waals surface area contributed by atoms with Crippen LogP contribution in [0.2, 0.25) is 0 Å². The first kappa shape index (κ1) is 21.2. The second-order valence-electron chi connectivity index (χ2n) is 6.81. The van der Waals surface area contributed by atoms with Gasteiger partial charge in [0.25, 0.3) is 0 Å². The van der Waals surface area contributed by atoms with Crippen molar-refractivity contribution in [1.29, 1.82) is 0 Å². The van der Waals surface area contributed by atoms with Gasteiger partial charge in [-0.1, -0.05) is 17.7 Å². The van der Waals surface area contributed by atoms with Gasteiger partial charge >= 0.3 is 0 Å². The average Bonchev–Trinajstić information content (AvgIpc) is 2.62. The highest BCUT2D eigenvalue weighted by Crippen LogP contribution is 2.19. The van der Waals surface area contributed by atoms with E-state index in [1.165, 1.54) is 0 Å². The number of guanidine groups is 1. The maximum atomic E-state index is 12.3. The van der Waals surface area contributed by atoms with Gasteiger partial charge in [0.15, 0.2) is 5.96 Å². The van der Waals surface area contributed by atoms with E-state index in [1.54, 1.807) is 31.3 Å². The van der Waals surface area contributed by atoms with Crippen LogP contribution < -0.4 is 15.8 Å². The number of aliphatic imine (C=N–C) groups is 1. The molecule has 1 fully saturated rings. The van der Waals surface area contributed by atoms with E-state index in [4.69, 9.17) is 5.73 Å². The predicted octanol–water partition coefficient (Wildman–Crippen LogP) is 0.436. The Labute approximate surface area is 161 Å². The number of carbonyl (C=O) groups excluding carboxylic acids is 1. The maximum absolute atomic E-state index is 12.3. The number of sulfonamides is 1. The van der Waals surface area contributed by atoms with Crippen molar-refractivity contribution in [3.8, 4) is 0 Å². The van der Waals surface area contributed by atoms with Crippen LogP contribution in [0, 0.1) is 12.8 Å². The monoisotopic (exact) mass is 395 g/mol. The molecule has 0 saturated carbocycles. The number of rotatable bonds is 7. The largest absolute Gasteiger partial charge is 0.370 e. The molecule has 0 aliphatic carbocycles. The van der Waals surface area contributed by atoms with E-state index in [2.05, 4.69) is 19.9 Å². The lowest BCUT2D eigenvalue weighted by Gasteiger charge is -2.34. The Balaban J connectivity index is 1.82. The summed E-state index contributed by atoms with van der Waals surface area (Å²) in [6.07, 6.45) is 2.33. The number of nitrogens with one attached hydrogen (secondary N) is 2. The third-order valence-electron chi connectivity index (χ3n) is 4.55. The molecule has 0 bridgehead atoms. The molecule has 27 heavy (non-hydrogen) atoms. The molecule has 1 aromatic carbocycles. The van der Waals surface area contributed by atoms with Crippen LogP contribution >= 0.6 is 0 Å². The molecule has 8 nitrogen and oxygen atoms in total. The predicted molar refractivity (Wildman–Crippen MR) is 106 cm³/mol. The van der Waals surface area contributed by atoms with E-state index in [0.717, 1.165) is 31.5 Å². The van der Waals surface area contributed by atoms with Crippen LogP contribution in [-0.4, -0.2) is 58.4 Å². The van der Waals surface area contributed by atoms with Gasteiger partial charge in [-0.05, 0) is 37.8 Å². The molecular formula is C18H29N5O3S. The van der Waals surface area contributed by atoms with E-state index in [-0.39, 0.29) is 23.3 Å². The molecule has 1 saturated heterocycles. The lowest BCUT2D eigenvalue weighted by Crippen LogP contribution is -2.48. The summed E-state index contributed by atoms with van der Waals surface area (Å²) in [4.78, 5) is 17.8. The van der Waals surface area contributed by atoms with Crippen molar-refractivity contribution < 1.29 is 13.2 Å². The summed E-state index contributed by atoms with van der Waals surface area (Å²) in [5.74, 6) is 0.656.